The molecule has 2 aliphatic heterocycles. The number of methoxy groups -OCH3 is 1. The van der Waals surface area contributed by atoms with Crippen LogP contribution in [0.4, 0.5) is 0 Å². The quantitative estimate of drug-likeness (QED) is 0.206. The Bertz CT molecular complexity index is 1340. The summed E-state index contributed by atoms with van der Waals surface area (Å²) in [7, 11) is 1.76. The highest BCUT2D eigenvalue weighted by molar-refractivity contribution is 5.31. The van der Waals surface area contributed by atoms with Crippen LogP contribution in [-0.2, 0) is 18.9 Å². The molecular formula is C47H84N2O6. The van der Waals surface area contributed by atoms with Gasteiger partial charge in [0.05, 0.1) is 30.5 Å². The Labute approximate surface area is 336 Å². The molecule has 0 aromatic heterocycles. The Morgan fingerprint density at radius 3 is 2.20 bits per heavy atom. The summed E-state index contributed by atoms with van der Waals surface area (Å²) in [5.41, 5.74) is 0.148. The molecule has 8 nitrogen and oxygen atoms in total. The summed E-state index contributed by atoms with van der Waals surface area (Å²) in [5.74, 6) is 1.97. The molecule has 0 aromatic rings. The molecule has 2 unspecified atom stereocenters. The molecule has 7 fully saturated rings. The Morgan fingerprint density at radius 2 is 1.56 bits per heavy atom. The van der Waals surface area contributed by atoms with Crippen molar-refractivity contribution in [2.75, 3.05) is 53.0 Å². The van der Waals surface area contributed by atoms with Crippen molar-refractivity contribution in [2.45, 2.75) is 189 Å². The van der Waals surface area contributed by atoms with Gasteiger partial charge in [-0.15, -0.1) is 0 Å². The smallest absolute Gasteiger partial charge is 0.170 e. The fourth-order valence-electron chi connectivity index (χ4n) is 15.7. The number of likely N-dealkylation sites (tertiary alicyclic amines) is 1. The summed E-state index contributed by atoms with van der Waals surface area (Å²) in [5, 5.41) is 23.3. The maximum absolute atomic E-state index is 12.3. The fourth-order valence-corrected chi connectivity index (χ4v) is 15.7. The number of hydrogen-bond donors (Lipinski definition) is 2. The third kappa shape index (κ3) is 7.14. The zero-order valence-electron chi connectivity index (χ0n) is 37.4. The van der Waals surface area contributed by atoms with E-state index in [0.717, 1.165) is 39.0 Å². The molecule has 2 saturated heterocycles. The summed E-state index contributed by atoms with van der Waals surface area (Å²) >= 11 is 0. The van der Waals surface area contributed by atoms with E-state index in [0.29, 0.717) is 52.6 Å². The van der Waals surface area contributed by atoms with E-state index in [1.807, 2.05) is 20.8 Å². The minimum absolute atomic E-state index is 0.0652. The van der Waals surface area contributed by atoms with Gasteiger partial charge in [0.15, 0.2) is 6.29 Å². The Morgan fingerprint density at radius 1 is 0.891 bits per heavy atom. The lowest BCUT2D eigenvalue weighted by Crippen LogP contribution is -2.60. The Kier molecular flexibility index (Phi) is 11.7. The maximum Gasteiger partial charge on any atom is 0.170 e. The number of aliphatic hydroxyl groups excluding tert-OH is 1. The molecule has 0 aromatic carbocycles. The number of fused-ring (bicyclic) bond motifs is 2. The molecule has 5 aliphatic carbocycles. The van der Waals surface area contributed by atoms with Crippen molar-refractivity contribution in [1.82, 2.24) is 9.80 Å². The second-order valence-corrected chi connectivity index (χ2v) is 23.1. The second-order valence-electron chi connectivity index (χ2n) is 23.1. The second kappa shape index (κ2) is 15.0. The zero-order valence-corrected chi connectivity index (χ0v) is 37.4. The van der Waals surface area contributed by atoms with Crippen molar-refractivity contribution >= 4 is 0 Å². The van der Waals surface area contributed by atoms with E-state index in [1.165, 1.54) is 71.0 Å². The molecule has 7 aliphatic rings. The Hall–Kier alpha value is -0.320. The van der Waals surface area contributed by atoms with Crippen LogP contribution in [0.3, 0.4) is 0 Å². The third-order valence-corrected chi connectivity index (χ3v) is 18.3. The first-order valence-corrected chi connectivity index (χ1v) is 22.9. The van der Waals surface area contributed by atoms with Gasteiger partial charge in [-0.05, 0) is 155 Å². The number of rotatable bonds is 12. The summed E-state index contributed by atoms with van der Waals surface area (Å²) in [6.45, 7) is 32.1. The molecule has 2 heterocycles. The molecule has 7 rings (SSSR count). The molecule has 318 valence electrons. The molecule has 55 heavy (non-hydrogen) atoms. The van der Waals surface area contributed by atoms with Crippen molar-refractivity contribution in [3.63, 3.8) is 0 Å². The molecule has 0 radical (unpaired) electrons. The molecule has 5 saturated carbocycles. The summed E-state index contributed by atoms with van der Waals surface area (Å²) in [6, 6.07) is 0.642. The number of aliphatic hydroxyl groups is 2. The summed E-state index contributed by atoms with van der Waals surface area (Å²) in [6.07, 6.45) is 12.1. The first kappa shape index (κ1) is 42.8. The lowest BCUT2D eigenvalue weighted by atomic mass is 9.41. The summed E-state index contributed by atoms with van der Waals surface area (Å²) < 4.78 is 25.7. The van der Waals surface area contributed by atoms with Crippen LogP contribution in [-0.4, -0.2) is 115 Å². The van der Waals surface area contributed by atoms with Gasteiger partial charge in [-0.25, -0.2) is 0 Å². The lowest BCUT2D eigenvalue weighted by molar-refractivity contribution is -0.251. The van der Waals surface area contributed by atoms with E-state index < -0.39 is 5.60 Å². The molecule has 2 N–H and O–H groups in total. The first-order chi connectivity index (χ1) is 25.7. The third-order valence-electron chi connectivity index (χ3n) is 18.3. The molecule has 2 spiro atoms. The van der Waals surface area contributed by atoms with Gasteiger partial charge in [0, 0.05) is 44.8 Å². The van der Waals surface area contributed by atoms with E-state index in [4.69, 9.17) is 18.9 Å². The van der Waals surface area contributed by atoms with Gasteiger partial charge in [-0.2, -0.15) is 0 Å². The van der Waals surface area contributed by atoms with Crippen molar-refractivity contribution < 1.29 is 29.2 Å². The van der Waals surface area contributed by atoms with Crippen LogP contribution in [0.1, 0.15) is 147 Å². The van der Waals surface area contributed by atoms with Gasteiger partial charge >= 0.3 is 0 Å². The molecular weight excluding hydrogens is 689 g/mol. The highest BCUT2D eigenvalue weighted by Crippen LogP contribution is 2.89. The van der Waals surface area contributed by atoms with Gasteiger partial charge in [0.2, 0.25) is 0 Å². The van der Waals surface area contributed by atoms with E-state index in [1.54, 1.807) is 7.11 Å². The monoisotopic (exact) mass is 773 g/mol. The minimum Gasteiger partial charge on any atom is -0.393 e. The highest BCUT2D eigenvalue weighted by Gasteiger charge is 2.83. The average molecular weight is 773 g/mol. The maximum atomic E-state index is 12.3. The van der Waals surface area contributed by atoms with Crippen LogP contribution in [0.15, 0.2) is 0 Å². The molecule has 0 bridgehead atoms. The van der Waals surface area contributed by atoms with Crippen LogP contribution < -0.4 is 0 Å². The topological polar surface area (TPSA) is 83.9 Å². The zero-order chi connectivity index (χ0) is 40.0. The SMILES string of the molecule is CCO[C@@H](C(C[C@@H](C)[C@H]1C[C@H](O)[C@@]2(C)C3CC[C@H]4C(C)(C)[C@@H](O[C@H]5CN(C6CCN(CC(C)(C)C)CC6)CCO5)CC[C@@]45C[C@@]35CC[C@]12C)OC)C(C)(C)O. The number of nitrogens with zero attached hydrogens (tertiary/aromatic N) is 2. The van der Waals surface area contributed by atoms with Gasteiger partial charge in [-0.1, -0.05) is 55.4 Å². The van der Waals surface area contributed by atoms with Gasteiger partial charge in [-0.3, -0.25) is 4.90 Å². The standard InChI is InChI=1S/C47H84N2O6/c1-13-53-40(43(8,9)51)34(52-12)26-31(2)33-27-37(50)45(11)36-15-14-35-42(6,7)38(16-19-46(35)29-47(36,46)21-20-44(33,45)10)55-39-28-49(24-25-54-39)32-17-22-48(23-18-32)30-41(3,4)5/h31-40,50-51H,13-30H2,1-12H3/t31-,33-,34?,35+,36?,37+,38+,39+,40+,44-,45-,46-,47+/m1/s1. The van der Waals surface area contributed by atoms with Crippen LogP contribution in [0.2, 0.25) is 0 Å². The lowest BCUT2D eigenvalue weighted by Gasteiger charge is -2.64. The fraction of sp³-hybridized carbons (Fsp3) is 1.00. The van der Waals surface area contributed by atoms with E-state index >= 15 is 0 Å². The largest absolute Gasteiger partial charge is 0.393 e. The molecule has 8 heteroatoms. The predicted octanol–water partition coefficient (Wildman–Crippen LogP) is 8.17. The summed E-state index contributed by atoms with van der Waals surface area (Å²) in [4.78, 5) is 5.36. The Balaban J connectivity index is 1.01. The van der Waals surface area contributed by atoms with Crippen LogP contribution in [0.25, 0.3) is 0 Å². The van der Waals surface area contributed by atoms with Crippen LogP contribution in [0.5, 0.6) is 0 Å². The van der Waals surface area contributed by atoms with Gasteiger partial charge < -0.3 is 34.1 Å². The molecule has 0 amide bonds. The number of ether oxygens (including phenoxy) is 4. The number of morpholine rings is 1. The van der Waals surface area contributed by atoms with E-state index in [2.05, 4.69) is 65.2 Å². The average Bonchev–Trinajstić information content (AvgIpc) is 3.73. The van der Waals surface area contributed by atoms with Crippen LogP contribution in [0, 0.1) is 56.2 Å². The van der Waals surface area contributed by atoms with E-state index in [-0.39, 0.29) is 47.0 Å². The van der Waals surface area contributed by atoms with Gasteiger partial charge in [0.25, 0.3) is 0 Å². The number of hydrogen-bond acceptors (Lipinski definition) is 8. The normalized spacial score (nSPS) is 44.2. The van der Waals surface area contributed by atoms with Crippen molar-refractivity contribution in [3.05, 3.63) is 0 Å². The van der Waals surface area contributed by atoms with Crippen molar-refractivity contribution in [1.29, 1.82) is 0 Å². The van der Waals surface area contributed by atoms with Crippen molar-refractivity contribution in [3.8, 4) is 0 Å². The first-order valence-electron chi connectivity index (χ1n) is 22.9. The van der Waals surface area contributed by atoms with Crippen molar-refractivity contribution in [2.24, 2.45) is 56.2 Å². The molecule has 13 atom stereocenters. The minimum atomic E-state index is -0.994. The van der Waals surface area contributed by atoms with E-state index in [9.17, 15) is 10.2 Å². The number of piperidine rings is 1. The predicted molar refractivity (Wildman–Crippen MR) is 220 cm³/mol. The van der Waals surface area contributed by atoms with Crippen LogP contribution >= 0.6 is 0 Å². The van der Waals surface area contributed by atoms with Gasteiger partial charge in [0.1, 0.15) is 6.10 Å². The highest BCUT2D eigenvalue weighted by atomic mass is 16.7.